The van der Waals surface area contributed by atoms with Gasteiger partial charge in [-0.2, -0.15) is 5.26 Å². The number of carbonyl (C=O) groups excluding carboxylic acids is 2. The van der Waals surface area contributed by atoms with Gasteiger partial charge in [0.1, 0.15) is 17.4 Å². The summed E-state index contributed by atoms with van der Waals surface area (Å²) in [6.07, 6.45) is 1.49. The third-order valence-corrected chi connectivity index (χ3v) is 4.61. The van der Waals surface area contributed by atoms with Crippen LogP contribution in [0.25, 0.3) is 11.8 Å². The lowest BCUT2D eigenvalue weighted by Crippen LogP contribution is -2.26. The average molecular weight is 394 g/mol. The topological polar surface area (TPSA) is 81.3 Å². The van der Waals surface area contributed by atoms with Crippen LogP contribution in [-0.4, -0.2) is 30.0 Å². The maximum absolute atomic E-state index is 12.3. The van der Waals surface area contributed by atoms with Crippen molar-refractivity contribution in [1.82, 2.24) is 4.57 Å². The van der Waals surface area contributed by atoms with Crippen LogP contribution < -0.4 is 4.74 Å². The van der Waals surface area contributed by atoms with Gasteiger partial charge < -0.3 is 14.0 Å². The largest absolute Gasteiger partial charge is 0.497 e. The van der Waals surface area contributed by atoms with E-state index in [1.54, 1.807) is 27.9 Å². The number of nitriles is 1. The molecular formula is C23H26N2O4. The number of Topliss-reactive ketones (excluding diaryl/α,β-unsaturated/α-hetero) is 1. The summed E-state index contributed by atoms with van der Waals surface area (Å²) < 4.78 is 12.3. The van der Waals surface area contributed by atoms with Crippen molar-refractivity contribution in [2.75, 3.05) is 13.7 Å². The Balaban J connectivity index is 2.29. The molecule has 2 aromatic rings. The number of rotatable bonds is 6. The molecule has 0 amide bonds. The van der Waals surface area contributed by atoms with Crippen LogP contribution in [0.3, 0.4) is 0 Å². The van der Waals surface area contributed by atoms with Gasteiger partial charge in [-0.1, -0.05) is 20.8 Å². The summed E-state index contributed by atoms with van der Waals surface area (Å²) in [7, 11) is 1.61. The number of ether oxygens (including phenoxy) is 2. The molecule has 0 aliphatic rings. The Bertz CT molecular complexity index is 984. The molecule has 0 spiro atoms. The first kappa shape index (κ1) is 22.0. The van der Waals surface area contributed by atoms with Crippen molar-refractivity contribution in [2.24, 2.45) is 5.41 Å². The lowest BCUT2D eigenvalue weighted by Gasteiger charge is -2.15. The van der Waals surface area contributed by atoms with Crippen LogP contribution in [-0.2, 0) is 14.3 Å². The number of aromatic nitrogens is 1. The zero-order valence-electron chi connectivity index (χ0n) is 17.7. The number of carbonyl (C=O) groups is 2. The Kier molecular flexibility index (Phi) is 6.65. The van der Waals surface area contributed by atoms with Crippen molar-refractivity contribution in [3.05, 3.63) is 52.9 Å². The fourth-order valence-electron chi connectivity index (χ4n) is 2.78. The van der Waals surface area contributed by atoms with Crippen LogP contribution >= 0.6 is 0 Å². The highest BCUT2D eigenvalue weighted by Crippen LogP contribution is 2.24. The standard InChI is InChI=1S/C23H26N2O4/c1-15-11-17(16(2)25(15)19-7-9-20(28-6)10-8-19)12-18(13-24)22(27)29-14-21(26)23(3,4)5/h7-12H,14H2,1-6H3/b18-12-. The summed E-state index contributed by atoms with van der Waals surface area (Å²) in [6.45, 7) is 8.74. The van der Waals surface area contributed by atoms with Crippen molar-refractivity contribution in [1.29, 1.82) is 5.26 Å². The molecule has 6 heteroatoms. The van der Waals surface area contributed by atoms with Gasteiger partial charge in [-0.3, -0.25) is 4.79 Å². The molecule has 0 fully saturated rings. The molecule has 0 atom stereocenters. The Hall–Kier alpha value is -3.33. The summed E-state index contributed by atoms with van der Waals surface area (Å²) in [4.78, 5) is 24.2. The molecule has 152 valence electrons. The number of benzene rings is 1. The lowest BCUT2D eigenvalue weighted by atomic mass is 9.91. The summed E-state index contributed by atoms with van der Waals surface area (Å²) in [5, 5.41) is 9.40. The van der Waals surface area contributed by atoms with Crippen LogP contribution in [0.15, 0.2) is 35.9 Å². The molecule has 2 rings (SSSR count). The summed E-state index contributed by atoms with van der Waals surface area (Å²) in [6, 6.07) is 11.4. The molecule has 0 N–H and O–H groups in total. The van der Waals surface area contributed by atoms with E-state index in [2.05, 4.69) is 0 Å². The molecule has 0 radical (unpaired) electrons. The van der Waals surface area contributed by atoms with Crippen molar-refractivity contribution < 1.29 is 19.1 Å². The van der Waals surface area contributed by atoms with Crippen LogP contribution in [0.2, 0.25) is 0 Å². The van der Waals surface area contributed by atoms with Gasteiger partial charge in [-0.05, 0) is 55.8 Å². The molecular weight excluding hydrogens is 368 g/mol. The van der Waals surface area contributed by atoms with Gasteiger partial charge in [0.2, 0.25) is 0 Å². The van der Waals surface area contributed by atoms with Crippen molar-refractivity contribution >= 4 is 17.8 Å². The number of nitrogens with zero attached hydrogens (tertiary/aromatic N) is 2. The Labute approximate surface area is 171 Å². The second-order valence-electron chi connectivity index (χ2n) is 7.78. The molecule has 0 aliphatic heterocycles. The second kappa shape index (κ2) is 8.78. The minimum atomic E-state index is -0.806. The molecule has 1 heterocycles. The Morgan fingerprint density at radius 3 is 2.31 bits per heavy atom. The fourth-order valence-corrected chi connectivity index (χ4v) is 2.78. The molecule has 0 unspecified atom stereocenters. The van der Waals surface area contributed by atoms with Crippen LogP contribution in [0.5, 0.6) is 5.75 Å². The third kappa shape index (κ3) is 5.14. The van der Waals surface area contributed by atoms with Gasteiger partial charge in [0, 0.05) is 22.5 Å². The van der Waals surface area contributed by atoms with E-state index >= 15 is 0 Å². The smallest absolute Gasteiger partial charge is 0.349 e. The van der Waals surface area contributed by atoms with E-state index in [-0.39, 0.29) is 18.0 Å². The first-order chi connectivity index (χ1) is 13.6. The monoisotopic (exact) mass is 394 g/mol. The third-order valence-electron chi connectivity index (χ3n) is 4.61. The SMILES string of the molecule is COc1ccc(-n2c(C)cc(/C=C(/C#N)C(=O)OCC(=O)C(C)(C)C)c2C)cc1. The quantitative estimate of drug-likeness (QED) is 0.417. The molecule has 0 aliphatic carbocycles. The van der Waals surface area contributed by atoms with Crippen molar-refractivity contribution in [3.63, 3.8) is 0 Å². The number of hydrogen-bond acceptors (Lipinski definition) is 5. The zero-order chi connectivity index (χ0) is 21.8. The van der Waals surface area contributed by atoms with Gasteiger partial charge in [0.05, 0.1) is 7.11 Å². The normalized spacial score (nSPS) is 11.7. The predicted molar refractivity (Wildman–Crippen MR) is 111 cm³/mol. The maximum Gasteiger partial charge on any atom is 0.349 e. The zero-order valence-corrected chi connectivity index (χ0v) is 17.7. The van der Waals surface area contributed by atoms with Gasteiger partial charge >= 0.3 is 5.97 Å². The summed E-state index contributed by atoms with van der Waals surface area (Å²) in [5.74, 6) is -0.254. The first-order valence-corrected chi connectivity index (χ1v) is 9.24. The first-order valence-electron chi connectivity index (χ1n) is 9.24. The van der Waals surface area contributed by atoms with Gasteiger partial charge in [0.15, 0.2) is 12.4 Å². The molecule has 1 aromatic carbocycles. The summed E-state index contributed by atoms with van der Waals surface area (Å²) in [5.41, 5.74) is 2.74. The highest BCUT2D eigenvalue weighted by atomic mass is 16.5. The highest BCUT2D eigenvalue weighted by Gasteiger charge is 2.23. The molecule has 0 saturated heterocycles. The number of hydrogen-bond donors (Lipinski definition) is 0. The van der Waals surface area contributed by atoms with E-state index in [4.69, 9.17) is 9.47 Å². The number of esters is 1. The molecule has 29 heavy (non-hydrogen) atoms. The minimum Gasteiger partial charge on any atom is -0.497 e. The fraction of sp³-hybridized carbons (Fsp3) is 0.348. The number of ketones is 1. The van der Waals surface area contributed by atoms with E-state index in [9.17, 15) is 14.9 Å². The second-order valence-corrected chi connectivity index (χ2v) is 7.78. The Morgan fingerprint density at radius 1 is 1.17 bits per heavy atom. The molecule has 0 saturated carbocycles. The molecule has 1 aromatic heterocycles. The minimum absolute atomic E-state index is 0.151. The highest BCUT2D eigenvalue weighted by molar-refractivity contribution is 5.99. The molecule has 0 bridgehead atoms. The van der Waals surface area contributed by atoms with Gasteiger partial charge in [0.25, 0.3) is 0 Å². The molecule has 6 nitrogen and oxygen atoms in total. The van der Waals surface area contributed by atoms with E-state index in [0.29, 0.717) is 0 Å². The van der Waals surface area contributed by atoms with Crippen LogP contribution in [0, 0.1) is 30.6 Å². The van der Waals surface area contributed by atoms with Crippen molar-refractivity contribution in [3.8, 4) is 17.5 Å². The summed E-state index contributed by atoms with van der Waals surface area (Å²) >= 11 is 0. The predicted octanol–water partition coefficient (Wildman–Crippen LogP) is 4.17. The number of methoxy groups -OCH3 is 1. The van der Waals surface area contributed by atoms with E-state index in [0.717, 1.165) is 28.4 Å². The maximum atomic E-state index is 12.3. The van der Waals surface area contributed by atoms with E-state index in [1.165, 1.54) is 6.08 Å². The van der Waals surface area contributed by atoms with Gasteiger partial charge in [-0.15, -0.1) is 0 Å². The van der Waals surface area contributed by atoms with E-state index in [1.807, 2.05) is 54.8 Å². The van der Waals surface area contributed by atoms with Crippen LogP contribution in [0.4, 0.5) is 0 Å². The van der Waals surface area contributed by atoms with E-state index < -0.39 is 11.4 Å². The lowest BCUT2D eigenvalue weighted by molar-refractivity contribution is -0.146. The van der Waals surface area contributed by atoms with Gasteiger partial charge in [-0.25, -0.2) is 4.79 Å². The number of aryl methyl sites for hydroxylation is 1. The van der Waals surface area contributed by atoms with Crippen molar-refractivity contribution in [2.45, 2.75) is 34.6 Å². The van der Waals surface area contributed by atoms with Crippen LogP contribution in [0.1, 0.15) is 37.7 Å². The average Bonchev–Trinajstić information content (AvgIpc) is 2.96. The Morgan fingerprint density at radius 2 is 1.79 bits per heavy atom.